The molecule has 0 aliphatic heterocycles. The quantitative estimate of drug-likeness (QED) is 0.296. The molecule has 1 N–H and O–H groups in total. The Labute approximate surface area is 174 Å². The molecule has 1 heterocycles. The van der Waals surface area contributed by atoms with E-state index in [1.54, 1.807) is 30.9 Å². The van der Waals surface area contributed by atoms with Crippen LogP contribution in [0.4, 0.5) is 5.69 Å². The molecule has 0 aliphatic carbocycles. The van der Waals surface area contributed by atoms with Gasteiger partial charge in [-0.2, -0.15) is 0 Å². The second-order valence-electron chi connectivity index (χ2n) is 6.00. The smallest absolute Gasteiger partial charge is 0.269 e. The van der Waals surface area contributed by atoms with E-state index in [2.05, 4.69) is 32.9 Å². The summed E-state index contributed by atoms with van der Waals surface area (Å²) in [4.78, 5) is 26.8. The van der Waals surface area contributed by atoms with Crippen LogP contribution in [0.15, 0.2) is 67.3 Å². The summed E-state index contributed by atoms with van der Waals surface area (Å²) in [5, 5.41) is 13.7. The highest BCUT2D eigenvalue weighted by Crippen LogP contribution is 2.17. The van der Waals surface area contributed by atoms with Crippen molar-refractivity contribution in [3.63, 3.8) is 0 Å². The van der Waals surface area contributed by atoms with Gasteiger partial charge in [0.25, 0.3) is 11.6 Å². The number of nitro groups is 1. The maximum Gasteiger partial charge on any atom is 0.269 e. The predicted octanol–water partition coefficient (Wildman–Crippen LogP) is 3.27. The fourth-order valence-corrected chi connectivity index (χ4v) is 2.88. The van der Waals surface area contributed by atoms with E-state index in [0.29, 0.717) is 17.9 Å². The van der Waals surface area contributed by atoms with Crippen molar-refractivity contribution in [3.8, 4) is 5.75 Å². The Kier molecular flexibility index (Phi) is 6.58. The number of carbonyl (C=O) groups is 1. The van der Waals surface area contributed by atoms with Gasteiger partial charge in [-0.15, -0.1) is 0 Å². The lowest BCUT2D eigenvalue weighted by Crippen LogP contribution is -2.42. The molecule has 8 nitrogen and oxygen atoms in total. The minimum Gasteiger partial charge on any atom is -0.491 e. The molecule has 0 saturated heterocycles. The van der Waals surface area contributed by atoms with Gasteiger partial charge in [0.1, 0.15) is 12.4 Å². The van der Waals surface area contributed by atoms with Crippen molar-refractivity contribution in [2.24, 2.45) is 0 Å². The maximum atomic E-state index is 12.6. The number of hydrogen-bond donors (Lipinski definition) is 1. The van der Waals surface area contributed by atoms with Crippen molar-refractivity contribution in [2.75, 3.05) is 6.61 Å². The van der Waals surface area contributed by atoms with Gasteiger partial charge < -0.3 is 14.6 Å². The number of non-ortho nitro benzene ring substituents is 1. The van der Waals surface area contributed by atoms with Gasteiger partial charge in [-0.25, -0.2) is 4.98 Å². The Morgan fingerprint density at radius 1 is 1.21 bits per heavy atom. The molecule has 3 aromatic rings. The third-order valence-corrected chi connectivity index (χ3v) is 4.65. The molecular weight excluding hydrogens is 475 g/mol. The van der Waals surface area contributed by atoms with E-state index in [0.717, 1.165) is 3.57 Å². The number of nitrogens with one attached hydrogen (secondary N) is 1. The third kappa shape index (κ3) is 5.52. The number of nitro benzene ring substituents is 1. The van der Waals surface area contributed by atoms with E-state index < -0.39 is 4.92 Å². The summed E-state index contributed by atoms with van der Waals surface area (Å²) in [5.41, 5.74) is 0.556. The number of nitrogens with zero attached hydrogens (tertiary/aromatic N) is 3. The number of rotatable bonds is 8. The van der Waals surface area contributed by atoms with Crippen molar-refractivity contribution in [2.45, 2.75) is 12.6 Å². The second kappa shape index (κ2) is 9.31. The molecule has 0 saturated carbocycles. The van der Waals surface area contributed by atoms with Gasteiger partial charge >= 0.3 is 0 Å². The van der Waals surface area contributed by atoms with Gasteiger partial charge in [-0.3, -0.25) is 14.9 Å². The zero-order chi connectivity index (χ0) is 19.9. The molecule has 28 heavy (non-hydrogen) atoms. The normalized spacial score (nSPS) is 11.6. The summed E-state index contributed by atoms with van der Waals surface area (Å²) in [7, 11) is 0. The lowest BCUT2D eigenvalue weighted by molar-refractivity contribution is -0.384. The first-order valence-electron chi connectivity index (χ1n) is 8.40. The average Bonchev–Trinajstić information content (AvgIpc) is 3.20. The number of hydrogen-bond acceptors (Lipinski definition) is 5. The number of benzene rings is 2. The Morgan fingerprint density at radius 3 is 2.54 bits per heavy atom. The summed E-state index contributed by atoms with van der Waals surface area (Å²) in [5.74, 6) is 0.290. The Morgan fingerprint density at radius 2 is 1.93 bits per heavy atom. The van der Waals surface area contributed by atoms with Gasteiger partial charge in [0.15, 0.2) is 0 Å². The van der Waals surface area contributed by atoms with Gasteiger partial charge in [-0.1, -0.05) is 0 Å². The molecule has 1 amide bonds. The molecule has 144 valence electrons. The van der Waals surface area contributed by atoms with Crippen LogP contribution in [0.2, 0.25) is 0 Å². The second-order valence-corrected chi connectivity index (χ2v) is 7.24. The molecular formula is C19H17IN4O4. The van der Waals surface area contributed by atoms with Crippen molar-refractivity contribution in [1.82, 2.24) is 14.9 Å². The van der Waals surface area contributed by atoms with Crippen molar-refractivity contribution < 1.29 is 14.5 Å². The van der Waals surface area contributed by atoms with E-state index >= 15 is 0 Å². The summed E-state index contributed by atoms with van der Waals surface area (Å²) in [6.07, 6.45) is 5.13. The standard InChI is InChI=1S/C19H17IN4O4/c20-15-3-1-14(2-4-15)19(25)22-16(11-23-10-9-21-13-23)12-28-18-7-5-17(6-8-18)24(26)27/h1-10,13,16H,11-12H2,(H,22,25). The van der Waals surface area contributed by atoms with Crippen LogP contribution in [0, 0.1) is 13.7 Å². The van der Waals surface area contributed by atoms with Gasteiger partial charge in [0.2, 0.25) is 0 Å². The monoisotopic (exact) mass is 492 g/mol. The van der Waals surface area contributed by atoms with E-state index in [9.17, 15) is 14.9 Å². The van der Waals surface area contributed by atoms with Crippen LogP contribution in [0.25, 0.3) is 0 Å². The molecule has 0 bridgehead atoms. The van der Waals surface area contributed by atoms with E-state index in [-0.39, 0.29) is 24.2 Å². The number of aromatic nitrogens is 2. The summed E-state index contributed by atoms with van der Waals surface area (Å²) in [6, 6.07) is 12.8. The molecule has 0 radical (unpaired) electrons. The lowest BCUT2D eigenvalue weighted by Gasteiger charge is -2.20. The highest BCUT2D eigenvalue weighted by molar-refractivity contribution is 14.1. The number of carbonyl (C=O) groups excluding carboxylic acids is 1. The Bertz CT molecular complexity index is 928. The average molecular weight is 492 g/mol. The summed E-state index contributed by atoms with van der Waals surface area (Å²) < 4.78 is 8.63. The minimum atomic E-state index is -0.465. The van der Waals surface area contributed by atoms with E-state index in [1.807, 2.05) is 16.7 Å². The van der Waals surface area contributed by atoms with Gasteiger partial charge in [0, 0.05) is 40.2 Å². The van der Waals surface area contributed by atoms with Crippen molar-refractivity contribution >= 4 is 34.2 Å². The van der Waals surface area contributed by atoms with Gasteiger partial charge in [0.05, 0.1) is 17.3 Å². The summed E-state index contributed by atoms with van der Waals surface area (Å²) >= 11 is 2.18. The first-order valence-corrected chi connectivity index (χ1v) is 9.48. The molecule has 2 aromatic carbocycles. The number of halogens is 1. The number of imidazole rings is 1. The third-order valence-electron chi connectivity index (χ3n) is 3.93. The van der Waals surface area contributed by atoms with Crippen LogP contribution in [0.3, 0.4) is 0 Å². The van der Waals surface area contributed by atoms with E-state index in [4.69, 9.17) is 4.74 Å². The lowest BCUT2D eigenvalue weighted by atomic mass is 10.2. The highest BCUT2D eigenvalue weighted by atomic mass is 127. The highest BCUT2D eigenvalue weighted by Gasteiger charge is 2.16. The first kappa shape index (κ1) is 19.8. The molecule has 3 rings (SSSR count). The number of amides is 1. The number of ether oxygens (including phenoxy) is 1. The van der Waals surface area contributed by atoms with Crippen LogP contribution in [-0.2, 0) is 6.54 Å². The zero-order valence-corrected chi connectivity index (χ0v) is 16.9. The van der Waals surface area contributed by atoms with Crippen molar-refractivity contribution in [1.29, 1.82) is 0 Å². The molecule has 1 aromatic heterocycles. The zero-order valence-electron chi connectivity index (χ0n) is 14.7. The first-order chi connectivity index (χ1) is 13.5. The molecule has 1 atom stereocenters. The van der Waals surface area contributed by atoms with Gasteiger partial charge in [-0.05, 0) is 59.0 Å². The molecule has 9 heteroatoms. The summed E-state index contributed by atoms with van der Waals surface area (Å²) in [6.45, 7) is 0.676. The topological polar surface area (TPSA) is 99.3 Å². The molecule has 1 unspecified atom stereocenters. The largest absolute Gasteiger partial charge is 0.491 e. The molecule has 0 fully saturated rings. The van der Waals surface area contributed by atoms with E-state index in [1.165, 1.54) is 24.3 Å². The maximum absolute atomic E-state index is 12.6. The van der Waals surface area contributed by atoms with Crippen LogP contribution in [0.1, 0.15) is 10.4 Å². The predicted molar refractivity (Wildman–Crippen MR) is 111 cm³/mol. The van der Waals surface area contributed by atoms with Crippen LogP contribution >= 0.6 is 22.6 Å². The van der Waals surface area contributed by atoms with Crippen LogP contribution < -0.4 is 10.1 Å². The van der Waals surface area contributed by atoms with Crippen LogP contribution in [-0.4, -0.2) is 33.0 Å². The molecule has 0 aliphatic rings. The fourth-order valence-electron chi connectivity index (χ4n) is 2.52. The molecule has 0 spiro atoms. The van der Waals surface area contributed by atoms with Crippen molar-refractivity contribution in [3.05, 3.63) is 86.5 Å². The minimum absolute atomic E-state index is 0.00525. The SMILES string of the molecule is O=C(NC(COc1ccc([N+](=O)[O-])cc1)Cn1ccnc1)c1ccc(I)cc1. The fraction of sp³-hybridized carbons (Fsp3) is 0.158. The Hall–Kier alpha value is -2.95. The Balaban J connectivity index is 1.66. The van der Waals surface area contributed by atoms with Crippen LogP contribution in [0.5, 0.6) is 5.75 Å².